The molecule has 0 aromatic heterocycles. The Kier molecular flexibility index (Phi) is 3.44. The monoisotopic (exact) mass is 310 g/mol. The number of aliphatic hydroxyl groups is 1. The molecule has 0 spiro atoms. The number of aryl methyl sites for hydroxylation is 1. The molecule has 0 unspecified atom stereocenters. The summed E-state index contributed by atoms with van der Waals surface area (Å²) >= 11 is 0. The molecule has 2 aliphatic rings. The Bertz CT molecular complexity index is 664. The number of benzene rings is 1. The maximum absolute atomic E-state index is 12.9. The topological polar surface area (TPSA) is 76.1 Å². The van der Waals surface area contributed by atoms with Crippen LogP contribution in [-0.4, -0.2) is 43.4 Å². The van der Waals surface area contributed by atoms with Crippen molar-refractivity contribution < 1.29 is 23.0 Å². The van der Waals surface area contributed by atoms with Crippen molar-refractivity contribution in [3.8, 4) is 0 Å². The van der Waals surface area contributed by atoms with Crippen molar-refractivity contribution in [3.63, 3.8) is 0 Å². The number of epoxide rings is 1. The van der Waals surface area contributed by atoms with E-state index in [1.165, 1.54) is 0 Å². The fraction of sp³-hybridized carbons (Fsp3) is 0.467. The van der Waals surface area contributed by atoms with Crippen LogP contribution in [0.1, 0.15) is 12.5 Å². The lowest BCUT2D eigenvalue weighted by Crippen LogP contribution is -2.36. The van der Waals surface area contributed by atoms with E-state index in [4.69, 9.17) is 9.47 Å². The molecular weight excluding hydrogens is 292 g/mol. The number of hydrogen-bond donors (Lipinski definition) is 1. The lowest BCUT2D eigenvalue weighted by Gasteiger charge is -2.19. The van der Waals surface area contributed by atoms with Crippen LogP contribution in [0.5, 0.6) is 0 Å². The lowest BCUT2D eigenvalue weighted by atomic mass is 10.2. The van der Waals surface area contributed by atoms with Crippen LogP contribution in [-0.2, 0) is 19.3 Å². The number of fused-ring (bicyclic) bond motifs is 1. The number of allylic oxidation sites excluding steroid dienone is 1. The molecule has 1 aromatic rings. The number of rotatable bonds is 4. The molecule has 3 rings (SSSR count). The molecule has 1 N–H and O–H groups in total. The van der Waals surface area contributed by atoms with E-state index < -0.39 is 33.1 Å². The summed E-state index contributed by atoms with van der Waals surface area (Å²) in [4.78, 5) is -1.19. The third-order valence-corrected chi connectivity index (χ3v) is 6.30. The van der Waals surface area contributed by atoms with E-state index in [1.54, 1.807) is 43.3 Å². The zero-order valence-corrected chi connectivity index (χ0v) is 12.7. The van der Waals surface area contributed by atoms with Gasteiger partial charge in [0, 0.05) is 0 Å². The molecule has 2 saturated heterocycles. The van der Waals surface area contributed by atoms with Gasteiger partial charge in [-0.2, -0.15) is 0 Å². The van der Waals surface area contributed by atoms with Crippen molar-refractivity contribution in [2.24, 2.45) is 0 Å². The van der Waals surface area contributed by atoms with Crippen molar-refractivity contribution in [1.82, 2.24) is 0 Å². The van der Waals surface area contributed by atoms with Crippen LogP contribution < -0.4 is 0 Å². The second kappa shape index (κ2) is 4.91. The van der Waals surface area contributed by atoms with Crippen molar-refractivity contribution in [2.45, 2.75) is 42.0 Å². The van der Waals surface area contributed by atoms with Crippen LogP contribution in [0.15, 0.2) is 41.3 Å². The second-order valence-corrected chi connectivity index (χ2v) is 7.50. The summed E-state index contributed by atoms with van der Waals surface area (Å²) in [7, 11) is -3.70. The molecular formula is C15H18O5S. The van der Waals surface area contributed by atoms with Crippen LogP contribution >= 0.6 is 0 Å². The van der Waals surface area contributed by atoms with Crippen LogP contribution in [0.3, 0.4) is 0 Å². The molecule has 0 amide bonds. The van der Waals surface area contributed by atoms with E-state index in [9.17, 15) is 13.5 Å². The SMILES string of the molecule is C/C=C/[C@@H]1O[C@H](CO)[C@H]2O[C@@]12S(=O)(=O)c1ccc(C)cc1. The Morgan fingerprint density at radius 1 is 1.33 bits per heavy atom. The summed E-state index contributed by atoms with van der Waals surface area (Å²) in [6.07, 6.45) is 1.48. The zero-order chi connectivity index (χ0) is 15.3. The summed E-state index contributed by atoms with van der Waals surface area (Å²) in [6, 6.07) is 6.67. The zero-order valence-electron chi connectivity index (χ0n) is 11.9. The third kappa shape index (κ3) is 1.97. The van der Waals surface area contributed by atoms with Crippen LogP contribution in [0.25, 0.3) is 0 Å². The van der Waals surface area contributed by atoms with Crippen molar-refractivity contribution >= 4 is 9.84 Å². The van der Waals surface area contributed by atoms with Gasteiger partial charge >= 0.3 is 0 Å². The molecule has 2 fully saturated rings. The van der Waals surface area contributed by atoms with E-state index in [0.717, 1.165) is 5.56 Å². The van der Waals surface area contributed by atoms with Crippen molar-refractivity contribution in [2.75, 3.05) is 6.61 Å². The fourth-order valence-corrected chi connectivity index (χ4v) is 4.84. The predicted molar refractivity (Wildman–Crippen MR) is 76.5 cm³/mol. The maximum atomic E-state index is 12.9. The van der Waals surface area contributed by atoms with Gasteiger partial charge in [-0.3, -0.25) is 0 Å². The smallest absolute Gasteiger partial charge is 0.232 e. The fourth-order valence-electron chi connectivity index (χ4n) is 2.85. The first kappa shape index (κ1) is 14.7. The first-order valence-corrected chi connectivity index (χ1v) is 8.34. The highest BCUT2D eigenvalue weighted by Crippen LogP contribution is 2.56. The first-order chi connectivity index (χ1) is 9.97. The van der Waals surface area contributed by atoms with Gasteiger partial charge in [0.2, 0.25) is 14.8 Å². The summed E-state index contributed by atoms with van der Waals surface area (Å²) in [6.45, 7) is 3.43. The highest BCUT2D eigenvalue weighted by Gasteiger charge is 2.78. The molecule has 21 heavy (non-hydrogen) atoms. The van der Waals surface area contributed by atoms with E-state index in [2.05, 4.69) is 0 Å². The van der Waals surface area contributed by atoms with Gasteiger partial charge in [0.25, 0.3) is 0 Å². The first-order valence-electron chi connectivity index (χ1n) is 6.85. The van der Waals surface area contributed by atoms with E-state index in [-0.39, 0.29) is 11.5 Å². The van der Waals surface area contributed by atoms with Crippen LogP contribution in [0.4, 0.5) is 0 Å². The molecule has 0 bridgehead atoms. The van der Waals surface area contributed by atoms with E-state index >= 15 is 0 Å². The minimum Gasteiger partial charge on any atom is -0.394 e. The standard InChI is InChI=1S/C15H18O5S/c1-3-4-13-15(14(20-15)12(9-16)19-13)21(17,18)11-7-5-10(2)6-8-11/h3-8,12-14,16H,9H2,1-2H3/b4-3+/t12-,13+,14-,15-/m1/s1. The van der Waals surface area contributed by atoms with E-state index in [0.29, 0.717) is 0 Å². The Morgan fingerprint density at radius 2 is 2.00 bits per heavy atom. The van der Waals surface area contributed by atoms with Gasteiger partial charge in [-0.25, -0.2) is 8.42 Å². The molecule has 4 atom stereocenters. The number of aliphatic hydroxyl groups excluding tert-OH is 1. The van der Waals surface area contributed by atoms with Gasteiger partial charge in [0.05, 0.1) is 11.5 Å². The molecule has 2 aliphatic heterocycles. The van der Waals surface area contributed by atoms with Gasteiger partial charge in [-0.15, -0.1) is 0 Å². The van der Waals surface area contributed by atoms with Gasteiger partial charge in [0.15, 0.2) is 0 Å². The average Bonchev–Trinajstić information content (AvgIpc) is 3.14. The predicted octanol–water partition coefficient (Wildman–Crippen LogP) is 1.20. The van der Waals surface area contributed by atoms with Gasteiger partial charge in [-0.1, -0.05) is 29.8 Å². The summed E-state index contributed by atoms with van der Waals surface area (Å²) in [5.74, 6) is 0. The number of hydrogen-bond acceptors (Lipinski definition) is 5. The van der Waals surface area contributed by atoms with Crippen molar-refractivity contribution in [1.29, 1.82) is 0 Å². The molecule has 6 heteroatoms. The molecule has 1 aromatic carbocycles. The number of ether oxygens (including phenoxy) is 2. The van der Waals surface area contributed by atoms with Crippen molar-refractivity contribution in [3.05, 3.63) is 42.0 Å². The minimum absolute atomic E-state index is 0.215. The Hall–Kier alpha value is -1.21. The Balaban J connectivity index is 2.04. The molecule has 2 heterocycles. The molecule has 114 valence electrons. The average molecular weight is 310 g/mol. The Morgan fingerprint density at radius 3 is 2.57 bits per heavy atom. The lowest BCUT2D eigenvalue weighted by molar-refractivity contribution is -0.0381. The molecule has 0 saturated carbocycles. The number of sulfone groups is 1. The van der Waals surface area contributed by atoms with Crippen LogP contribution in [0.2, 0.25) is 0 Å². The van der Waals surface area contributed by atoms with E-state index in [1.807, 2.05) is 6.92 Å². The largest absolute Gasteiger partial charge is 0.394 e. The normalized spacial score (nSPS) is 35.1. The van der Waals surface area contributed by atoms with Gasteiger partial charge < -0.3 is 14.6 Å². The summed E-state index contributed by atoms with van der Waals surface area (Å²) in [5.41, 5.74) is 0.987. The minimum atomic E-state index is -3.70. The van der Waals surface area contributed by atoms with Crippen LogP contribution in [0, 0.1) is 6.92 Å². The highest BCUT2D eigenvalue weighted by atomic mass is 32.2. The van der Waals surface area contributed by atoms with Gasteiger partial charge in [-0.05, 0) is 26.0 Å². The summed E-state index contributed by atoms with van der Waals surface area (Å²) < 4.78 is 37.0. The Labute approximate surface area is 124 Å². The molecule has 5 nitrogen and oxygen atoms in total. The summed E-state index contributed by atoms with van der Waals surface area (Å²) in [5, 5.41) is 9.31. The highest BCUT2D eigenvalue weighted by molar-refractivity contribution is 7.93. The second-order valence-electron chi connectivity index (χ2n) is 5.38. The maximum Gasteiger partial charge on any atom is 0.232 e. The quantitative estimate of drug-likeness (QED) is 0.668. The molecule has 0 radical (unpaired) electrons. The third-order valence-electron chi connectivity index (χ3n) is 4.00. The van der Waals surface area contributed by atoms with Gasteiger partial charge in [0.1, 0.15) is 18.3 Å². The molecule has 0 aliphatic carbocycles.